The number of nitrogens with two attached hydrogens (primary N) is 1. The molecule has 2 aromatic rings. The highest BCUT2D eigenvalue weighted by atomic mass is 32.2. The molecule has 0 unspecified atom stereocenters. The number of hydrogen-bond donors (Lipinski definition) is 2. The molecule has 0 aromatic heterocycles. The fourth-order valence-corrected chi connectivity index (χ4v) is 4.19. The minimum absolute atomic E-state index is 0.146. The molecule has 0 amide bonds. The van der Waals surface area contributed by atoms with Crippen molar-refractivity contribution in [1.82, 2.24) is 10.2 Å². The SMILES string of the molecule is NS(=O)(=O)c1ccc(CCNCc2ccc(OCCCN3CCCCC3)cc2)cc1. The molecule has 0 spiro atoms. The van der Waals surface area contributed by atoms with Crippen LogP contribution in [-0.4, -0.2) is 46.1 Å². The molecule has 1 heterocycles. The average Bonchev–Trinajstić information content (AvgIpc) is 2.76. The van der Waals surface area contributed by atoms with E-state index in [0.717, 1.165) is 50.4 Å². The molecule has 0 radical (unpaired) electrons. The molecule has 1 fully saturated rings. The third-order valence-corrected chi connectivity index (χ3v) is 6.36. The zero-order valence-electron chi connectivity index (χ0n) is 17.6. The molecule has 1 saturated heterocycles. The topological polar surface area (TPSA) is 84.7 Å². The predicted octanol–water partition coefficient (Wildman–Crippen LogP) is 2.92. The van der Waals surface area contributed by atoms with E-state index in [1.54, 1.807) is 24.3 Å². The van der Waals surface area contributed by atoms with Crippen LogP contribution in [0.15, 0.2) is 53.4 Å². The summed E-state index contributed by atoms with van der Waals surface area (Å²) < 4.78 is 28.4. The Morgan fingerprint density at radius 2 is 1.60 bits per heavy atom. The summed E-state index contributed by atoms with van der Waals surface area (Å²) in [7, 11) is -3.63. The molecule has 3 rings (SSSR count). The molecule has 0 atom stereocenters. The monoisotopic (exact) mass is 431 g/mol. The number of piperidine rings is 1. The molecule has 6 nitrogen and oxygen atoms in total. The second kappa shape index (κ2) is 11.5. The average molecular weight is 432 g/mol. The van der Waals surface area contributed by atoms with Gasteiger partial charge < -0.3 is 15.0 Å². The lowest BCUT2D eigenvalue weighted by atomic mass is 10.1. The third-order valence-electron chi connectivity index (χ3n) is 5.43. The molecule has 7 heteroatoms. The number of sulfonamides is 1. The molecule has 164 valence electrons. The Morgan fingerprint density at radius 3 is 2.27 bits per heavy atom. The highest BCUT2D eigenvalue weighted by Gasteiger charge is 2.09. The molecule has 0 aliphatic carbocycles. The van der Waals surface area contributed by atoms with Crippen molar-refractivity contribution in [1.29, 1.82) is 0 Å². The molecule has 0 bridgehead atoms. The van der Waals surface area contributed by atoms with Crippen molar-refractivity contribution >= 4 is 10.0 Å². The fourth-order valence-electron chi connectivity index (χ4n) is 3.68. The van der Waals surface area contributed by atoms with Crippen LogP contribution in [0.3, 0.4) is 0 Å². The maximum atomic E-state index is 11.3. The van der Waals surface area contributed by atoms with Crippen LogP contribution in [0.1, 0.15) is 36.8 Å². The van der Waals surface area contributed by atoms with Gasteiger partial charge in [0.25, 0.3) is 0 Å². The predicted molar refractivity (Wildman–Crippen MR) is 120 cm³/mol. The first kappa shape index (κ1) is 22.7. The Kier molecular flexibility index (Phi) is 8.69. The molecule has 2 aromatic carbocycles. The van der Waals surface area contributed by atoms with E-state index in [1.165, 1.54) is 37.9 Å². The van der Waals surface area contributed by atoms with Gasteiger partial charge in [-0.1, -0.05) is 30.7 Å². The van der Waals surface area contributed by atoms with Gasteiger partial charge >= 0.3 is 0 Å². The van der Waals surface area contributed by atoms with Crippen molar-refractivity contribution in [3.05, 3.63) is 59.7 Å². The van der Waals surface area contributed by atoms with E-state index in [0.29, 0.717) is 0 Å². The van der Waals surface area contributed by atoms with Crippen molar-refractivity contribution in [2.45, 2.75) is 43.5 Å². The van der Waals surface area contributed by atoms with Gasteiger partial charge in [-0.15, -0.1) is 0 Å². The van der Waals surface area contributed by atoms with Crippen molar-refractivity contribution < 1.29 is 13.2 Å². The van der Waals surface area contributed by atoms with E-state index >= 15 is 0 Å². The second-order valence-corrected chi connectivity index (χ2v) is 9.43. The van der Waals surface area contributed by atoms with Crippen molar-refractivity contribution in [3.63, 3.8) is 0 Å². The molecule has 3 N–H and O–H groups in total. The summed E-state index contributed by atoms with van der Waals surface area (Å²) in [6.45, 7) is 5.96. The summed E-state index contributed by atoms with van der Waals surface area (Å²) in [6, 6.07) is 15.0. The van der Waals surface area contributed by atoms with E-state index < -0.39 is 10.0 Å². The minimum Gasteiger partial charge on any atom is -0.494 e. The number of ether oxygens (including phenoxy) is 1. The van der Waals surface area contributed by atoms with Gasteiger partial charge in [-0.3, -0.25) is 0 Å². The Hall–Kier alpha value is -1.93. The second-order valence-electron chi connectivity index (χ2n) is 7.86. The molecule has 30 heavy (non-hydrogen) atoms. The Balaban J connectivity index is 1.30. The smallest absolute Gasteiger partial charge is 0.238 e. The third kappa shape index (κ3) is 7.72. The minimum atomic E-state index is -3.63. The van der Waals surface area contributed by atoms with Crippen LogP contribution in [0.5, 0.6) is 5.75 Å². The highest BCUT2D eigenvalue weighted by Crippen LogP contribution is 2.14. The summed E-state index contributed by atoms with van der Waals surface area (Å²) in [5, 5.41) is 8.53. The Labute approximate surface area is 180 Å². The maximum absolute atomic E-state index is 11.3. The van der Waals surface area contributed by atoms with Crippen molar-refractivity contribution in [3.8, 4) is 5.75 Å². The highest BCUT2D eigenvalue weighted by molar-refractivity contribution is 7.89. The van der Waals surface area contributed by atoms with Crippen molar-refractivity contribution in [2.24, 2.45) is 5.14 Å². The summed E-state index contributed by atoms with van der Waals surface area (Å²) in [6.07, 6.45) is 5.94. The Morgan fingerprint density at radius 1 is 0.933 bits per heavy atom. The molecule has 1 aliphatic heterocycles. The standard InChI is InChI=1S/C23H33N3O3S/c24-30(27,28)23-11-7-20(8-12-23)13-14-25-19-21-5-9-22(10-6-21)29-18-4-17-26-15-2-1-3-16-26/h5-12,25H,1-4,13-19H2,(H2,24,27,28). The van der Waals surface area contributed by atoms with Crippen LogP contribution in [0.2, 0.25) is 0 Å². The van der Waals surface area contributed by atoms with E-state index in [-0.39, 0.29) is 4.90 Å². The van der Waals surface area contributed by atoms with Gasteiger partial charge in [-0.05, 0) is 80.7 Å². The molecular formula is C23H33N3O3S. The number of primary sulfonamides is 1. The lowest BCUT2D eigenvalue weighted by Crippen LogP contribution is -2.31. The van der Waals surface area contributed by atoms with Crippen LogP contribution in [0.4, 0.5) is 0 Å². The largest absolute Gasteiger partial charge is 0.494 e. The van der Waals surface area contributed by atoms with E-state index in [4.69, 9.17) is 9.88 Å². The first-order valence-electron chi connectivity index (χ1n) is 10.8. The van der Waals surface area contributed by atoms with E-state index in [1.807, 2.05) is 12.1 Å². The lowest BCUT2D eigenvalue weighted by Gasteiger charge is -2.26. The van der Waals surface area contributed by atoms with Crippen LogP contribution in [-0.2, 0) is 23.0 Å². The molecule has 1 aliphatic rings. The van der Waals surface area contributed by atoms with Crippen LogP contribution in [0, 0.1) is 0 Å². The van der Waals surface area contributed by atoms with E-state index in [2.05, 4.69) is 22.3 Å². The van der Waals surface area contributed by atoms with Crippen LogP contribution >= 0.6 is 0 Å². The summed E-state index contributed by atoms with van der Waals surface area (Å²) >= 11 is 0. The van der Waals surface area contributed by atoms with Crippen LogP contribution in [0.25, 0.3) is 0 Å². The molecular weight excluding hydrogens is 398 g/mol. The van der Waals surface area contributed by atoms with Gasteiger partial charge in [-0.25, -0.2) is 13.6 Å². The number of benzene rings is 2. The zero-order valence-corrected chi connectivity index (χ0v) is 18.4. The number of nitrogens with one attached hydrogen (secondary N) is 1. The lowest BCUT2D eigenvalue weighted by molar-refractivity contribution is 0.205. The first-order valence-corrected chi connectivity index (χ1v) is 12.3. The first-order chi connectivity index (χ1) is 14.5. The summed E-state index contributed by atoms with van der Waals surface area (Å²) in [4.78, 5) is 2.68. The van der Waals surface area contributed by atoms with Gasteiger partial charge in [0.05, 0.1) is 11.5 Å². The van der Waals surface area contributed by atoms with Gasteiger partial charge in [0.2, 0.25) is 10.0 Å². The van der Waals surface area contributed by atoms with E-state index in [9.17, 15) is 8.42 Å². The Bertz CT molecular complexity index is 862. The van der Waals surface area contributed by atoms with Gasteiger partial charge in [0, 0.05) is 13.1 Å². The summed E-state index contributed by atoms with van der Waals surface area (Å²) in [5.74, 6) is 0.923. The normalized spacial score (nSPS) is 15.2. The maximum Gasteiger partial charge on any atom is 0.238 e. The molecule has 0 saturated carbocycles. The van der Waals surface area contributed by atoms with Crippen LogP contribution < -0.4 is 15.2 Å². The fraction of sp³-hybridized carbons (Fsp3) is 0.478. The zero-order chi connectivity index (χ0) is 21.2. The van der Waals surface area contributed by atoms with Gasteiger partial charge in [0.15, 0.2) is 0 Å². The number of hydrogen-bond acceptors (Lipinski definition) is 5. The quantitative estimate of drug-likeness (QED) is 0.535. The van der Waals surface area contributed by atoms with Gasteiger partial charge in [0.1, 0.15) is 5.75 Å². The number of nitrogens with zero attached hydrogens (tertiary/aromatic N) is 1. The number of likely N-dealkylation sites (tertiary alicyclic amines) is 1. The van der Waals surface area contributed by atoms with Crippen molar-refractivity contribution in [2.75, 3.05) is 32.8 Å². The van der Waals surface area contributed by atoms with Gasteiger partial charge in [-0.2, -0.15) is 0 Å². The summed E-state index contributed by atoms with van der Waals surface area (Å²) in [5.41, 5.74) is 2.28. The number of rotatable bonds is 11.